The first-order chi connectivity index (χ1) is 10.3. The van der Waals surface area contributed by atoms with Crippen molar-refractivity contribution in [2.45, 2.75) is 12.3 Å². The number of nitrogens with zero attached hydrogens (tertiary/aromatic N) is 2. The SMILES string of the molecule is Nc1nc(Cl)cc(NCC(O)c2ccccc2C(F)(F)F)n1. The van der Waals surface area contributed by atoms with Crippen molar-refractivity contribution in [2.75, 3.05) is 17.6 Å². The lowest BCUT2D eigenvalue weighted by Gasteiger charge is -2.18. The van der Waals surface area contributed by atoms with Crippen molar-refractivity contribution in [1.82, 2.24) is 9.97 Å². The lowest BCUT2D eigenvalue weighted by Crippen LogP contribution is -2.18. The Balaban J connectivity index is 2.14. The van der Waals surface area contributed by atoms with Crippen LogP contribution in [0.1, 0.15) is 17.2 Å². The molecule has 1 aromatic carbocycles. The maximum atomic E-state index is 12.9. The summed E-state index contributed by atoms with van der Waals surface area (Å²) in [5.74, 6) is 0.126. The summed E-state index contributed by atoms with van der Waals surface area (Å²) in [5.41, 5.74) is 4.29. The van der Waals surface area contributed by atoms with Crippen LogP contribution in [0.15, 0.2) is 30.3 Å². The molecule has 1 atom stereocenters. The number of alkyl halides is 3. The third kappa shape index (κ3) is 3.99. The molecule has 9 heteroatoms. The fourth-order valence-corrected chi connectivity index (χ4v) is 2.07. The Kier molecular flexibility index (Phi) is 4.72. The molecule has 0 amide bonds. The summed E-state index contributed by atoms with van der Waals surface area (Å²) >= 11 is 5.69. The van der Waals surface area contributed by atoms with Crippen molar-refractivity contribution < 1.29 is 18.3 Å². The topological polar surface area (TPSA) is 84.1 Å². The molecule has 2 aromatic rings. The van der Waals surface area contributed by atoms with Crippen molar-refractivity contribution in [1.29, 1.82) is 0 Å². The van der Waals surface area contributed by atoms with Gasteiger partial charge in [-0.15, -0.1) is 0 Å². The van der Waals surface area contributed by atoms with Crippen molar-refractivity contribution in [3.8, 4) is 0 Å². The third-order valence-electron chi connectivity index (χ3n) is 2.81. The molecule has 0 radical (unpaired) electrons. The molecule has 4 N–H and O–H groups in total. The largest absolute Gasteiger partial charge is 0.416 e. The third-order valence-corrected chi connectivity index (χ3v) is 3.01. The van der Waals surface area contributed by atoms with Gasteiger partial charge in [-0.05, 0) is 11.6 Å². The number of hydrogen-bond donors (Lipinski definition) is 3. The summed E-state index contributed by atoms with van der Waals surface area (Å²) in [6, 6.07) is 6.17. The Morgan fingerprint density at radius 3 is 2.59 bits per heavy atom. The van der Waals surface area contributed by atoms with Crippen LogP contribution in [0.2, 0.25) is 5.15 Å². The van der Waals surface area contributed by atoms with Gasteiger partial charge in [0.2, 0.25) is 5.95 Å². The van der Waals surface area contributed by atoms with Crippen LogP contribution < -0.4 is 11.1 Å². The molecule has 22 heavy (non-hydrogen) atoms. The lowest BCUT2D eigenvalue weighted by molar-refractivity contribution is -0.139. The summed E-state index contributed by atoms with van der Waals surface area (Å²) in [4.78, 5) is 7.46. The second-order valence-corrected chi connectivity index (χ2v) is 4.80. The van der Waals surface area contributed by atoms with Crippen molar-refractivity contribution in [2.24, 2.45) is 0 Å². The zero-order valence-electron chi connectivity index (χ0n) is 11.1. The molecule has 1 heterocycles. The van der Waals surface area contributed by atoms with Crippen molar-refractivity contribution in [3.05, 3.63) is 46.6 Å². The van der Waals surface area contributed by atoms with Crippen LogP contribution in [-0.4, -0.2) is 21.6 Å². The van der Waals surface area contributed by atoms with Crippen LogP contribution in [0.25, 0.3) is 0 Å². The predicted octanol–water partition coefficient (Wildman–Crippen LogP) is 2.88. The van der Waals surface area contributed by atoms with Crippen LogP contribution in [0.4, 0.5) is 24.9 Å². The Morgan fingerprint density at radius 1 is 1.27 bits per heavy atom. The molecule has 1 unspecified atom stereocenters. The van der Waals surface area contributed by atoms with E-state index in [0.717, 1.165) is 6.07 Å². The molecule has 0 fully saturated rings. The normalized spacial score (nSPS) is 13.0. The predicted molar refractivity (Wildman–Crippen MR) is 76.3 cm³/mol. The molecule has 0 saturated carbocycles. The van der Waals surface area contributed by atoms with Crippen LogP contribution in [0.3, 0.4) is 0 Å². The molecule has 2 rings (SSSR count). The Bertz CT molecular complexity index is 646. The number of aromatic nitrogens is 2. The van der Waals surface area contributed by atoms with Crippen molar-refractivity contribution in [3.63, 3.8) is 0 Å². The summed E-state index contributed by atoms with van der Waals surface area (Å²) in [6.07, 6.45) is -5.92. The van der Waals surface area contributed by atoms with Gasteiger partial charge in [0, 0.05) is 12.6 Å². The number of rotatable bonds is 4. The van der Waals surface area contributed by atoms with Crippen LogP contribution in [-0.2, 0) is 6.18 Å². The first-order valence-electron chi connectivity index (χ1n) is 6.15. The number of benzene rings is 1. The Labute approximate surface area is 129 Å². The van der Waals surface area contributed by atoms with E-state index in [1.165, 1.54) is 24.3 Å². The number of halogens is 4. The van der Waals surface area contributed by atoms with Gasteiger partial charge in [-0.25, -0.2) is 4.98 Å². The van der Waals surface area contributed by atoms with Crippen molar-refractivity contribution >= 4 is 23.4 Å². The number of aliphatic hydroxyl groups excluding tert-OH is 1. The highest BCUT2D eigenvalue weighted by Gasteiger charge is 2.34. The van der Waals surface area contributed by atoms with E-state index in [2.05, 4.69) is 15.3 Å². The molecule has 0 spiro atoms. The number of hydrogen-bond acceptors (Lipinski definition) is 5. The zero-order valence-corrected chi connectivity index (χ0v) is 11.9. The number of anilines is 2. The van der Waals surface area contributed by atoms with Gasteiger partial charge in [0.1, 0.15) is 11.0 Å². The monoisotopic (exact) mass is 332 g/mol. The average molecular weight is 333 g/mol. The fourth-order valence-electron chi connectivity index (χ4n) is 1.88. The average Bonchev–Trinajstić information content (AvgIpc) is 2.43. The van der Waals surface area contributed by atoms with Gasteiger partial charge < -0.3 is 16.2 Å². The highest BCUT2D eigenvalue weighted by molar-refractivity contribution is 6.29. The van der Waals surface area contributed by atoms with Gasteiger partial charge in [-0.2, -0.15) is 18.2 Å². The minimum Gasteiger partial charge on any atom is -0.387 e. The number of nitrogens with two attached hydrogens (primary N) is 1. The molecule has 118 valence electrons. The molecule has 0 saturated heterocycles. The molecule has 0 aliphatic heterocycles. The molecule has 1 aromatic heterocycles. The van der Waals surface area contributed by atoms with Gasteiger partial charge in [0.15, 0.2) is 0 Å². The summed E-state index contributed by atoms with van der Waals surface area (Å²) in [6.45, 7) is -0.195. The van der Waals surface area contributed by atoms with E-state index in [1.807, 2.05) is 0 Å². The fraction of sp³-hybridized carbons (Fsp3) is 0.231. The molecule has 0 bridgehead atoms. The second-order valence-electron chi connectivity index (χ2n) is 4.42. The van der Waals surface area contributed by atoms with Crippen LogP contribution in [0.5, 0.6) is 0 Å². The van der Waals surface area contributed by atoms with Gasteiger partial charge >= 0.3 is 6.18 Å². The highest BCUT2D eigenvalue weighted by Crippen LogP contribution is 2.34. The van der Waals surface area contributed by atoms with Gasteiger partial charge in [-0.3, -0.25) is 0 Å². The second kappa shape index (κ2) is 6.37. The molecular weight excluding hydrogens is 321 g/mol. The van der Waals surface area contributed by atoms with Crippen LogP contribution >= 0.6 is 11.6 Å². The minimum atomic E-state index is -4.54. The lowest BCUT2D eigenvalue weighted by atomic mass is 10.0. The Morgan fingerprint density at radius 2 is 1.95 bits per heavy atom. The van der Waals surface area contributed by atoms with E-state index in [9.17, 15) is 18.3 Å². The quantitative estimate of drug-likeness (QED) is 0.750. The number of nitrogens with one attached hydrogen (secondary N) is 1. The summed E-state index contributed by atoms with van der Waals surface area (Å²) in [7, 11) is 0. The van der Waals surface area contributed by atoms with E-state index >= 15 is 0 Å². The van der Waals surface area contributed by atoms with E-state index < -0.39 is 17.8 Å². The van der Waals surface area contributed by atoms with E-state index in [4.69, 9.17) is 17.3 Å². The first kappa shape index (κ1) is 16.3. The standard InChI is InChI=1S/C13H12ClF3N4O/c14-10-5-11(21-12(18)20-10)19-6-9(22)7-3-1-2-4-8(7)13(15,16)17/h1-5,9,22H,6H2,(H3,18,19,20,21). The molecular formula is C13H12ClF3N4O. The maximum Gasteiger partial charge on any atom is 0.416 e. The number of nitrogen functional groups attached to an aromatic ring is 1. The molecule has 5 nitrogen and oxygen atoms in total. The minimum absolute atomic E-state index is 0.0832. The van der Waals surface area contributed by atoms with E-state index in [0.29, 0.717) is 0 Å². The van der Waals surface area contributed by atoms with Crippen LogP contribution in [0, 0.1) is 0 Å². The zero-order chi connectivity index (χ0) is 16.3. The first-order valence-corrected chi connectivity index (χ1v) is 6.53. The van der Waals surface area contributed by atoms with Gasteiger partial charge in [-0.1, -0.05) is 29.8 Å². The maximum absolute atomic E-state index is 12.9. The Hall–Kier alpha value is -2.06. The van der Waals surface area contributed by atoms with E-state index in [1.54, 1.807) is 0 Å². The summed E-state index contributed by atoms with van der Waals surface area (Å²) in [5, 5.41) is 12.7. The van der Waals surface area contributed by atoms with Gasteiger partial charge in [0.25, 0.3) is 0 Å². The number of aliphatic hydroxyl groups is 1. The summed E-state index contributed by atoms with van der Waals surface area (Å²) < 4.78 is 38.7. The van der Waals surface area contributed by atoms with Gasteiger partial charge in [0.05, 0.1) is 11.7 Å². The highest BCUT2D eigenvalue weighted by atomic mass is 35.5. The molecule has 0 aliphatic carbocycles. The van der Waals surface area contributed by atoms with E-state index in [-0.39, 0.29) is 29.0 Å². The smallest absolute Gasteiger partial charge is 0.387 e. The molecule has 0 aliphatic rings.